The summed E-state index contributed by atoms with van der Waals surface area (Å²) in [5, 5.41) is 11.5. The van der Waals surface area contributed by atoms with E-state index in [1.807, 2.05) is 0 Å². The molecule has 3 heteroatoms. The molecule has 147 valence electrons. The van der Waals surface area contributed by atoms with Gasteiger partial charge in [0, 0.05) is 13.0 Å². The molecule has 2 aromatic rings. The molecule has 0 bridgehead atoms. The van der Waals surface area contributed by atoms with E-state index >= 15 is 0 Å². The second kappa shape index (κ2) is 9.54. The highest BCUT2D eigenvalue weighted by Crippen LogP contribution is 2.30. The molecule has 0 spiro atoms. The Morgan fingerprint density at radius 1 is 0.893 bits per heavy atom. The first-order valence-electron chi connectivity index (χ1n) is 10.5. The highest BCUT2D eigenvalue weighted by atomic mass is 28.3. The van der Waals surface area contributed by atoms with Crippen LogP contribution in [0.2, 0.25) is 0 Å². The number of nitriles is 1. The molecule has 1 aliphatic rings. The van der Waals surface area contributed by atoms with Crippen LogP contribution in [0.25, 0.3) is 0 Å². The Kier molecular flexibility index (Phi) is 7.10. The summed E-state index contributed by atoms with van der Waals surface area (Å²) in [6, 6.07) is 22.1. The van der Waals surface area contributed by atoms with Gasteiger partial charge in [-0.3, -0.25) is 0 Å². The van der Waals surface area contributed by atoms with Crippen molar-refractivity contribution in [3.05, 3.63) is 60.2 Å². The third-order valence-corrected chi connectivity index (χ3v) is 8.03. The maximum atomic E-state index is 8.91. The molecule has 0 aromatic heterocycles. The largest absolute Gasteiger partial charge is 0.407 e. The fourth-order valence-corrected chi connectivity index (χ4v) is 6.01. The van der Waals surface area contributed by atoms with E-state index in [2.05, 4.69) is 81.4 Å². The van der Waals surface area contributed by atoms with Crippen molar-refractivity contribution in [2.24, 2.45) is 11.8 Å². The second-order valence-electron chi connectivity index (χ2n) is 9.08. The summed E-state index contributed by atoms with van der Waals surface area (Å²) >= 11 is 0. The van der Waals surface area contributed by atoms with E-state index in [-0.39, 0.29) is 5.41 Å². The first-order chi connectivity index (χ1) is 13.5. The standard InChI is InChI=1S/C25H32NOSi/c1-25(2,3)22-13-15-24(16-14-22)28(23-7-5-4-6-8-23)27-19-21-11-9-20(10-12-21)17-18-26/h4-8,13-16,20-21H,9-12,17,19H2,1-3H3. The quantitative estimate of drug-likeness (QED) is 0.662. The number of hydrogen-bond acceptors (Lipinski definition) is 2. The van der Waals surface area contributed by atoms with Crippen molar-refractivity contribution in [3.8, 4) is 6.07 Å². The maximum absolute atomic E-state index is 8.91. The summed E-state index contributed by atoms with van der Waals surface area (Å²) in [6.45, 7) is 7.60. The minimum Gasteiger partial charge on any atom is -0.407 e. The van der Waals surface area contributed by atoms with Crippen molar-refractivity contribution >= 4 is 19.4 Å². The average molecular weight is 391 g/mol. The molecule has 1 saturated carbocycles. The number of benzene rings is 2. The van der Waals surface area contributed by atoms with Gasteiger partial charge in [-0.05, 0) is 58.9 Å². The van der Waals surface area contributed by atoms with Crippen molar-refractivity contribution < 1.29 is 4.43 Å². The Hall–Kier alpha value is -1.89. The van der Waals surface area contributed by atoms with E-state index in [9.17, 15) is 0 Å². The molecular formula is C25H32NOSi. The smallest absolute Gasteiger partial charge is 0.282 e. The Labute approximate surface area is 172 Å². The molecule has 2 nitrogen and oxygen atoms in total. The molecule has 0 atom stereocenters. The molecule has 0 aliphatic heterocycles. The number of hydrogen-bond donors (Lipinski definition) is 0. The van der Waals surface area contributed by atoms with E-state index in [0.29, 0.717) is 18.3 Å². The molecule has 0 saturated heterocycles. The minimum atomic E-state index is -1.24. The summed E-state index contributed by atoms with van der Waals surface area (Å²) in [7, 11) is -1.24. The normalized spacial score (nSPS) is 20.1. The highest BCUT2D eigenvalue weighted by Gasteiger charge is 2.25. The van der Waals surface area contributed by atoms with Crippen molar-refractivity contribution in [1.82, 2.24) is 0 Å². The van der Waals surface area contributed by atoms with Crippen LogP contribution in [-0.4, -0.2) is 15.6 Å². The van der Waals surface area contributed by atoms with Crippen LogP contribution in [0, 0.1) is 23.2 Å². The van der Waals surface area contributed by atoms with Gasteiger partial charge in [0.1, 0.15) is 0 Å². The van der Waals surface area contributed by atoms with E-state index in [4.69, 9.17) is 9.69 Å². The van der Waals surface area contributed by atoms with Gasteiger partial charge in [-0.1, -0.05) is 75.4 Å². The summed E-state index contributed by atoms with van der Waals surface area (Å²) in [6.07, 6.45) is 5.45. The molecule has 0 unspecified atom stereocenters. The van der Waals surface area contributed by atoms with Gasteiger partial charge < -0.3 is 4.43 Å². The molecule has 1 fully saturated rings. The molecule has 0 N–H and O–H groups in total. The van der Waals surface area contributed by atoms with Crippen LogP contribution in [0.4, 0.5) is 0 Å². The lowest BCUT2D eigenvalue weighted by atomic mass is 9.81. The molecule has 1 aliphatic carbocycles. The Morgan fingerprint density at radius 2 is 1.46 bits per heavy atom. The second-order valence-corrected chi connectivity index (χ2v) is 11.2. The van der Waals surface area contributed by atoms with E-state index in [1.165, 1.54) is 41.6 Å². The third-order valence-electron chi connectivity index (χ3n) is 5.86. The lowest BCUT2D eigenvalue weighted by molar-refractivity contribution is 0.188. The lowest BCUT2D eigenvalue weighted by Gasteiger charge is -2.28. The fourth-order valence-electron chi connectivity index (χ4n) is 3.98. The van der Waals surface area contributed by atoms with Crippen molar-refractivity contribution in [1.29, 1.82) is 5.26 Å². The summed E-state index contributed by atoms with van der Waals surface area (Å²) in [5.41, 5.74) is 1.53. The summed E-state index contributed by atoms with van der Waals surface area (Å²) in [5.74, 6) is 1.23. The van der Waals surface area contributed by atoms with Gasteiger partial charge in [0.15, 0.2) is 0 Å². The van der Waals surface area contributed by atoms with E-state index in [1.54, 1.807) is 0 Å². The zero-order valence-electron chi connectivity index (χ0n) is 17.4. The molecule has 0 heterocycles. The van der Waals surface area contributed by atoms with Crippen molar-refractivity contribution in [2.75, 3.05) is 6.61 Å². The highest BCUT2D eigenvalue weighted by molar-refractivity contribution is 6.80. The number of rotatable bonds is 6. The van der Waals surface area contributed by atoms with Crippen LogP contribution in [0.1, 0.15) is 58.4 Å². The van der Waals surface area contributed by atoms with Gasteiger partial charge in [0.25, 0.3) is 9.04 Å². The fraction of sp³-hybridized carbons (Fsp3) is 0.480. The van der Waals surface area contributed by atoms with Crippen LogP contribution in [0.15, 0.2) is 54.6 Å². The third kappa shape index (κ3) is 5.56. The summed E-state index contributed by atoms with van der Waals surface area (Å²) in [4.78, 5) is 0. The van der Waals surface area contributed by atoms with Crippen LogP contribution in [0.3, 0.4) is 0 Å². The maximum Gasteiger partial charge on any atom is 0.282 e. The van der Waals surface area contributed by atoms with Crippen molar-refractivity contribution in [3.63, 3.8) is 0 Å². The van der Waals surface area contributed by atoms with E-state index in [0.717, 1.165) is 6.61 Å². The molecular weight excluding hydrogens is 358 g/mol. The van der Waals surface area contributed by atoms with E-state index < -0.39 is 9.04 Å². The Bertz CT molecular complexity index is 765. The van der Waals surface area contributed by atoms with Gasteiger partial charge in [0.2, 0.25) is 0 Å². The molecule has 28 heavy (non-hydrogen) atoms. The van der Waals surface area contributed by atoms with Gasteiger partial charge in [-0.15, -0.1) is 0 Å². The zero-order chi connectivity index (χ0) is 20.0. The molecule has 0 amide bonds. The summed E-state index contributed by atoms with van der Waals surface area (Å²) < 4.78 is 6.61. The number of nitrogens with zero attached hydrogens (tertiary/aromatic N) is 1. The van der Waals surface area contributed by atoms with Gasteiger partial charge in [-0.2, -0.15) is 5.26 Å². The Morgan fingerprint density at radius 3 is 2.04 bits per heavy atom. The lowest BCUT2D eigenvalue weighted by Crippen LogP contribution is -2.46. The predicted octanol–water partition coefficient (Wildman–Crippen LogP) is 4.83. The Balaban J connectivity index is 1.70. The first kappa shape index (κ1) is 20.8. The van der Waals surface area contributed by atoms with Crippen LogP contribution < -0.4 is 10.4 Å². The van der Waals surface area contributed by atoms with Gasteiger partial charge >= 0.3 is 0 Å². The monoisotopic (exact) mass is 390 g/mol. The molecule has 1 radical (unpaired) electrons. The van der Waals surface area contributed by atoms with Gasteiger partial charge in [0.05, 0.1) is 6.07 Å². The molecule has 3 rings (SSSR count). The van der Waals surface area contributed by atoms with Crippen molar-refractivity contribution in [2.45, 2.75) is 58.3 Å². The average Bonchev–Trinajstić information content (AvgIpc) is 2.70. The van der Waals surface area contributed by atoms with Crippen LogP contribution in [-0.2, 0) is 9.84 Å². The minimum absolute atomic E-state index is 0.168. The topological polar surface area (TPSA) is 33.0 Å². The molecule has 2 aromatic carbocycles. The zero-order valence-corrected chi connectivity index (χ0v) is 18.4. The SMILES string of the molecule is CC(C)(C)c1ccc([Si](OCC2CCC(CC#N)CC2)c2ccccc2)cc1. The first-order valence-corrected chi connectivity index (χ1v) is 11.9. The van der Waals surface area contributed by atoms with Crippen LogP contribution >= 0.6 is 0 Å². The van der Waals surface area contributed by atoms with Gasteiger partial charge in [-0.25, -0.2) is 0 Å². The predicted molar refractivity (Wildman–Crippen MR) is 118 cm³/mol. The van der Waals surface area contributed by atoms with Crippen LogP contribution in [0.5, 0.6) is 0 Å².